The molecule has 0 radical (unpaired) electrons. The van der Waals surface area contributed by atoms with Crippen molar-refractivity contribution in [3.8, 4) is 5.75 Å². The van der Waals surface area contributed by atoms with E-state index in [-0.39, 0.29) is 11.7 Å². The van der Waals surface area contributed by atoms with E-state index < -0.39 is 0 Å². The number of anilines is 1. The number of hydrogen-bond acceptors (Lipinski definition) is 8. The number of aromatic nitrogens is 5. The minimum absolute atomic E-state index is 0.153. The molecule has 0 aliphatic heterocycles. The van der Waals surface area contributed by atoms with Crippen LogP contribution in [0.4, 0.5) is 5.13 Å². The van der Waals surface area contributed by atoms with Gasteiger partial charge in [-0.2, -0.15) is 0 Å². The maximum atomic E-state index is 12.1. The normalized spacial score (nSPS) is 10.9. The van der Waals surface area contributed by atoms with Crippen molar-refractivity contribution in [3.63, 3.8) is 0 Å². The molecule has 8 nitrogen and oxygen atoms in total. The molecule has 1 amide bonds. The van der Waals surface area contributed by atoms with Crippen LogP contribution < -0.4 is 10.1 Å². The van der Waals surface area contributed by atoms with E-state index >= 15 is 0 Å². The maximum absolute atomic E-state index is 12.1. The second kappa shape index (κ2) is 9.16. The van der Waals surface area contributed by atoms with Gasteiger partial charge in [-0.05, 0) is 37.5 Å². The van der Waals surface area contributed by atoms with Crippen molar-refractivity contribution < 1.29 is 9.53 Å². The molecule has 0 saturated heterocycles. The fourth-order valence-electron chi connectivity index (χ4n) is 2.33. The molecule has 1 N–H and O–H groups in total. The third-order valence-electron chi connectivity index (χ3n) is 3.97. The summed E-state index contributed by atoms with van der Waals surface area (Å²) in [5, 5.41) is 21.1. The van der Waals surface area contributed by atoms with Crippen molar-refractivity contribution in [2.24, 2.45) is 7.05 Å². The zero-order chi connectivity index (χ0) is 20.1. The fourth-order valence-corrected chi connectivity index (χ4v) is 3.76. The minimum atomic E-state index is -0.153. The molecular weight excluding hydrogens is 396 g/mol. The summed E-state index contributed by atoms with van der Waals surface area (Å²) in [6.45, 7) is 6.34. The van der Waals surface area contributed by atoms with Crippen molar-refractivity contribution in [1.29, 1.82) is 0 Å². The van der Waals surface area contributed by atoms with Gasteiger partial charge in [0.05, 0.1) is 5.75 Å². The molecule has 148 valence electrons. The highest BCUT2D eigenvalue weighted by Crippen LogP contribution is 2.22. The van der Waals surface area contributed by atoms with Crippen molar-refractivity contribution in [1.82, 2.24) is 25.0 Å². The lowest BCUT2D eigenvalue weighted by atomic mass is 10.1. The van der Waals surface area contributed by atoms with Gasteiger partial charge in [0.25, 0.3) is 0 Å². The van der Waals surface area contributed by atoms with E-state index in [1.807, 2.05) is 44.5 Å². The highest BCUT2D eigenvalue weighted by atomic mass is 32.2. The summed E-state index contributed by atoms with van der Waals surface area (Å²) in [5.74, 6) is 1.59. The average molecular weight is 419 g/mol. The molecule has 28 heavy (non-hydrogen) atoms. The van der Waals surface area contributed by atoms with Crippen molar-refractivity contribution in [3.05, 3.63) is 40.2 Å². The van der Waals surface area contributed by atoms with Gasteiger partial charge in [-0.1, -0.05) is 42.2 Å². The van der Waals surface area contributed by atoms with Gasteiger partial charge in [-0.15, -0.1) is 20.4 Å². The average Bonchev–Trinajstić information content (AvgIpc) is 3.27. The molecule has 3 rings (SSSR count). The highest BCUT2D eigenvalue weighted by molar-refractivity contribution is 7.99. The van der Waals surface area contributed by atoms with E-state index in [1.165, 1.54) is 23.1 Å². The third-order valence-corrected chi connectivity index (χ3v) is 5.98. The number of ether oxygens (including phenoxy) is 1. The van der Waals surface area contributed by atoms with Crippen LogP contribution in [0.5, 0.6) is 5.75 Å². The first-order valence-electron chi connectivity index (χ1n) is 8.79. The maximum Gasteiger partial charge on any atom is 0.236 e. The van der Waals surface area contributed by atoms with Crippen molar-refractivity contribution in [2.45, 2.75) is 39.0 Å². The number of amides is 1. The first kappa shape index (κ1) is 20.3. The molecule has 0 spiro atoms. The number of nitrogens with one attached hydrogen (secondary N) is 1. The number of carbonyl (C=O) groups is 1. The van der Waals surface area contributed by atoms with E-state index in [4.69, 9.17) is 4.74 Å². The Morgan fingerprint density at radius 2 is 2.07 bits per heavy atom. The van der Waals surface area contributed by atoms with Gasteiger partial charge in [0, 0.05) is 7.05 Å². The number of thioether (sulfide) groups is 1. The largest absolute Gasteiger partial charge is 0.485 e. The third kappa shape index (κ3) is 5.08. The Morgan fingerprint density at radius 1 is 1.25 bits per heavy atom. The van der Waals surface area contributed by atoms with E-state index in [0.29, 0.717) is 22.7 Å². The van der Waals surface area contributed by atoms with E-state index in [0.717, 1.165) is 28.3 Å². The van der Waals surface area contributed by atoms with Crippen LogP contribution in [0.2, 0.25) is 0 Å². The van der Waals surface area contributed by atoms with E-state index in [1.54, 1.807) is 0 Å². The number of nitrogens with zero attached hydrogens (tertiary/aromatic N) is 5. The molecule has 0 saturated carbocycles. The van der Waals surface area contributed by atoms with Crippen LogP contribution in [-0.2, 0) is 24.9 Å². The first-order valence-corrected chi connectivity index (χ1v) is 10.6. The summed E-state index contributed by atoms with van der Waals surface area (Å²) >= 11 is 2.70. The lowest BCUT2D eigenvalue weighted by molar-refractivity contribution is -0.113. The Bertz CT molecular complexity index is 969. The molecule has 0 unspecified atom stereocenters. The van der Waals surface area contributed by atoms with Crippen LogP contribution in [0.25, 0.3) is 0 Å². The van der Waals surface area contributed by atoms with Gasteiger partial charge in [0.2, 0.25) is 11.0 Å². The molecule has 3 aromatic rings. The molecule has 0 atom stereocenters. The van der Waals surface area contributed by atoms with Gasteiger partial charge in [-0.3, -0.25) is 10.1 Å². The standard InChI is InChI=1S/C18H22N6O2S2/c1-5-16-21-22-17(28-16)19-15(25)10-27-18-23-20-14(24(18)4)9-26-13-8-11(2)6-7-12(13)3/h6-8H,5,9-10H2,1-4H3,(H,19,22,25). The summed E-state index contributed by atoms with van der Waals surface area (Å²) in [6.07, 6.45) is 0.800. The number of benzene rings is 1. The zero-order valence-electron chi connectivity index (χ0n) is 16.2. The molecule has 10 heteroatoms. The van der Waals surface area contributed by atoms with Crippen LogP contribution >= 0.6 is 23.1 Å². The second-order valence-corrected chi connectivity index (χ2v) is 8.21. The second-order valence-electron chi connectivity index (χ2n) is 6.21. The summed E-state index contributed by atoms with van der Waals surface area (Å²) in [6, 6.07) is 6.08. The topological polar surface area (TPSA) is 94.8 Å². The van der Waals surface area contributed by atoms with Crippen molar-refractivity contribution in [2.75, 3.05) is 11.1 Å². The smallest absolute Gasteiger partial charge is 0.236 e. The Morgan fingerprint density at radius 3 is 2.82 bits per heavy atom. The Labute approximate surface area is 171 Å². The van der Waals surface area contributed by atoms with Gasteiger partial charge in [-0.25, -0.2) is 0 Å². The van der Waals surface area contributed by atoms with E-state index in [9.17, 15) is 4.79 Å². The summed E-state index contributed by atoms with van der Waals surface area (Å²) in [7, 11) is 1.86. The summed E-state index contributed by atoms with van der Waals surface area (Å²) in [4.78, 5) is 12.1. The highest BCUT2D eigenvalue weighted by Gasteiger charge is 2.14. The Kier molecular flexibility index (Phi) is 6.63. The molecule has 0 bridgehead atoms. The van der Waals surface area contributed by atoms with Crippen LogP contribution in [0.15, 0.2) is 23.4 Å². The SMILES string of the molecule is CCc1nnc(NC(=O)CSc2nnc(COc3cc(C)ccc3C)n2C)s1. The fraction of sp³-hybridized carbons (Fsp3) is 0.389. The molecule has 0 aliphatic carbocycles. The van der Waals surface area contributed by atoms with Crippen LogP contribution in [0.3, 0.4) is 0 Å². The van der Waals surface area contributed by atoms with Gasteiger partial charge < -0.3 is 9.30 Å². The summed E-state index contributed by atoms with van der Waals surface area (Å²) < 4.78 is 7.73. The minimum Gasteiger partial charge on any atom is -0.485 e. The van der Waals surface area contributed by atoms with Crippen LogP contribution in [-0.4, -0.2) is 36.6 Å². The van der Waals surface area contributed by atoms with Gasteiger partial charge >= 0.3 is 0 Å². The number of hydrogen-bond donors (Lipinski definition) is 1. The monoisotopic (exact) mass is 418 g/mol. The number of carbonyl (C=O) groups excluding carboxylic acids is 1. The zero-order valence-corrected chi connectivity index (χ0v) is 17.9. The molecule has 0 fully saturated rings. The lowest BCUT2D eigenvalue weighted by Gasteiger charge is -2.09. The Hall–Kier alpha value is -2.46. The van der Waals surface area contributed by atoms with Crippen molar-refractivity contribution >= 4 is 34.1 Å². The molecular formula is C18H22N6O2S2. The van der Waals surface area contributed by atoms with Crippen LogP contribution in [0.1, 0.15) is 28.9 Å². The summed E-state index contributed by atoms with van der Waals surface area (Å²) in [5.41, 5.74) is 2.21. The molecule has 2 heterocycles. The van der Waals surface area contributed by atoms with E-state index in [2.05, 4.69) is 31.8 Å². The predicted molar refractivity (Wildman–Crippen MR) is 110 cm³/mol. The molecule has 2 aromatic heterocycles. The first-order chi connectivity index (χ1) is 13.5. The number of aryl methyl sites for hydroxylation is 3. The lowest BCUT2D eigenvalue weighted by Crippen LogP contribution is -2.14. The predicted octanol–water partition coefficient (Wildman–Crippen LogP) is 3.16. The van der Waals surface area contributed by atoms with Gasteiger partial charge in [0.15, 0.2) is 11.0 Å². The molecule has 0 aliphatic rings. The Balaban J connectivity index is 1.54. The quantitative estimate of drug-likeness (QED) is 0.562. The number of rotatable bonds is 8. The molecule has 1 aromatic carbocycles. The van der Waals surface area contributed by atoms with Crippen LogP contribution in [0, 0.1) is 13.8 Å². The van der Waals surface area contributed by atoms with Gasteiger partial charge in [0.1, 0.15) is 17.4 Å².